The Hall–Kier alpha value is -0.990. The van der Waals surface area contributed by atoms with Crippen molar-refractivity contribution >= 4 is 0 Å². The molecule has 1 unspecified atom stereocenters. The van der Waals surface area contributed by atoms with Crippen LogP contribution in [0.3, 0.4) is 0 Å². The monoisotopic (exact) mass is 206 g/mol. The van der Waals surface area contributed by atoms with Crippen molar-refractivity contribution in [1.82, 2.24) is 9.78 Å². The minimum atomic E-state index is 0.133. The van der Waals surface area contributed by atoms with Gasteiger partial charge in [-0.05, 0) is 24.2 Å². The number of aromatic amines is 1. The molecule has 0 saturated heterocycles. The third-order valence-corrected chi connectivity index (χ3v) is 5.20. The molecule has 1 saturated carbocycles. The van der Waals surface area contributed by atoms with Gasteiger partial charge in [-0.15, -0.1) is 0 Å². The molecule has 15 heavy (non-hydrogen) atoms. The molecule has 0 aliphatic heterocycles. The lowest BCUT2D eigenvalue weighted by atomic mass is 9.70. The van der Waals surface area contributed by atoms with E-state index in [1.165, 1.54) is 18.5 Å². The molecule has 2 atom stereocenters. The smallest absolute Gasteiger partial charge is 0.267 e. The van der Waals surface area contributed by atoms with Crippen LogP contribution in [0, 0.1) is 5.41 Å². The summed E-state index contributed by atoms with van der Waals surface area (Å²) < 4.78 is 1.94. The molecule has 3 rings (SSSR count). The molecule has 2 aliphatic rings. The van der Waals surface area contributed by atoms with Crippen molar-refractivity contribution in [3.05, 3.63) is 21.6 Å². The molecular weight excluding hydrogens is 188 g/mol. The number of nitrogens with zero attached hydrogens (tertiary/aromatic N) is 1. The SMILES string of the molecule is Cn1[nH]c(=O)c2c1[C@]1(C)CCC2C1(C)C. The van der Waals surface area contributed by atoms with Crippen molar-refractivity contribution in [2.75, 3.05) is 0 Å². The van der Waals surface area contributed by atoms with Gasteiger partial charge in [-0.1, -0.05) is 20.8 Å². The first-order valence-electron chi connectivity index (χ1n) is 5.69. The number of aromatic nitrogens is 2. The second kappa shape index (κ2) is 2.23. The molecule has 3 heteroatoms. The Morgan fingerprint density at radius 3 is 2.67 bits per heavy atom. The molecule has 0 radical (unpaired) electrons. The molecule has 82 valence electrons. The number of rotatable bonds is 0. The van der Waals surface area contributed by atoms with Crippen molar-refractivity contribution in [2.24, 2.45) is 12.5 Å². The molecule has 0 amide bonds. The molecule has 0 aromatic carbocycles. The Balaban J connectivity index is 2.40. The molecule has 1 aromatic heterocycles. The summed E-state index contributed by atoms with van der Waals surface area (Å²) in [6.45, 7) is 6.93. The fourth-order valence-corrected chi connectivity index (χ4v) is 3.98. The van der Waals surface area contributed by atoms with E-state index in [1.807, 2.05) is 11.7 Å². The fourth-order valence-electron chi connectivity index (χ4n) is 3.98. The second-order valence-electron chi connectivity index (χ2n) is 5.91. The van der Waals surface area contributed by atoms with E-state index < -0.39 is 0 Å². The van der Waals surface area contributed by atoms with E-state index in [0.717, 1.165) is 5.56 Å². The van der Waals surface area contributed by atoms with Gasteiger partial charge in [0.25, 0.3) is 5.56 Å². The van der Waals surface area contributed by atoms with E-state index in [4.69, 9.17) is 0 Å². The van der Waals surface area contributed by atoms with Crippen molar-refractivity contribution in [2.45, 2.75) is 44.9 Å². The van der Waals surface area contributed by atoms with Crippen molar-refractivity contribution in [3.8, 4) is 0 Å². The highest BCUT2D eigenvalue weighted by molar-refractivity contribution is 5.44. The van der Waals surface area contributed by atoms with Gasteiger partial charge in [-0.25, -0.2) is 0 Å². The highest BCUT2D eigenvalue weighted by Crippen LogP contribution is 2.66. The standard InChI is InChI=1S/C12H18N2O/c1-11(2)7-5-6-12(11,3)9-8(7)10(15)13-14(9)4/h7H,5-6H2,1-4H3,(H,13,15)/t7?,12-/m0/s1. The Morgan fingerprint density at radius 1 is 1.40 bits per heavy atom. The van der Waals surface area contributed by atoms with Gasteiger partial charge in [0.05, 0.1) is 0 Å². The first-order valence-corrected chi connectivity index (χ1v) is 5.69. The van der Waals surface area contributed by atoms with Crippen molar-refractivity contribution in [3.63, 3.8) is 0 Å². The molecular formula is C12H18N2O. The first kappa shape index (κ1) is 9.25. The third-order valence-electron chi connectivity index (χ3n) is 5.20. The number of nitrogens with one attached hydrogen (secondary N) is 1. The number of hydrogen-bond acceptors (Lipinski definition) is 1. The van der Waals surface area contributed by atoms with Crippen LogP contribution in [0.2, 0.25) is 0 Å². The predicted molar refractivity (Wildman–Crippen MR) is 59.1 cm³/mol. The number of aryl methyl sites for hydroxylation is 1. The zero-order valence-electron chi connectivity index (χ0n) is 9.85. The molecule has 1 N–H and O–H groups in total. The summed E-state index contributed by atoms with van der Waals surface area (Å²) in [7, 11) is 1.96. The highest BCUT2D eigenvalue weighted by Gasteiger charge is 2.62. The van der Waals surface area contributed by atoms with Crippen LogP contribution in [0.1, 0.15) is 50.8 Å². The molecule has 1 heterocycles. The maximum absolute atomic E-state index is 11.9. The van der Waals surface area contributed by atoms with Gasteiger partial charge in [-0.2, -0.15) is 0 Å². The molecule has 2 bridgehead atoms. The summed E-state index contributed by atoms with van der Waals surface area (Å²) in [5.74, 6) is 0.461. The maximum Gasteiger partial charge on any atom is 0.267 e. The first-order chi connectivity index (χ1) is 6.89. The van der Waals surface area contributed by atoms with Crippen LogP contribution in [0.4, 0.5) is 0 Å². The Bertz CT molecular complexity index is 494. The lowest BCUT2D eigenvalue weighted by Gasteiger charge is -2.35. The lowest BCUT2D eigenvalue weighted by molar-refractivity contribution is 0.219. The van der Waals surface area contributed by atoms with Crippen LogP contribution in [-0.2, 0) is 12.5 Å². The van der Waals surface area contributed by atoms with Gasteiger partial charge in [0.15, 0.2) is 0 Å². The quantitative estimate of drug-likeness (QED) is 0.691. The van der Waals surface area contributed by atoms with E-state index >= 15 is 0 Å². The lowest BCUT2D eigenvalue weighted by Crippen LogP contribution is -2.33. The Morgan fingerprint density at radius 2 is 2.07 bits per heavy atom. The van der Waals surface area contributed by atoms with Crippen LogP contribution in [0.15, 0.2) is 4.79 Å². The van der Waals surface area contributed by atoms with E-state index in [1.54, 1.807) is 0 Å². The van der Waals surface area contributed by atoms with Gasteiger partial charge in [0.1, 0.15) is 0 Å². The number of hydrogen-bond donors (Lipinski definition) is 1. The average Bonchev–Trinajstić information content (AvgIpc) is 2.59. The Kier molecular flexibility index (Phi) is 1.38. The van der Waals surface area contributed by atoms with Gasteiger partial charge < -0.3 is 0 Å². The molecule has 2 aliphatic carbocycles. The van der Waals surface area contributed by atoms with Crippen LogP contribution < -0.4 is 5.56 Å². The fraction of sp³-hybridized carbons (Fsp3) is 0.750. The van der Waals surface area contributed by atoms with Gasteiger partial charge >= 0.3 is 0 Å². The topological polar surface area (TPSA) is 37.8 Å². The summed E-state index contributed by atoms with van der Waals surface area (Å²) >= 11 is 0. The molecule has 0 spiro atoms. The summed E-state index contributed by atoms with van der Waals surface area (Å²) in [5.41, 5.74) is 2.88. The van der Waals surface area contributed by atoms with Gasteiger partial charge in [0, 0.05) is 23.7 Å². The van der Waals surface area contributed by atoms with E-state index in [9.17, 15) is 4.79 Å². The minimum Gasteiger partial charge on any atom is -0.291 e. The normalized spacial score (nSPS) is 35.9. The Labute approximate surface area is 89.5 Å². The average molecular weight is 206 g/mol. The van der Waals surface area contributed by atoms with Crippen molar-refractivity contribution in [1.29, 1.82) is 0 Å². The van der Waals surface area contributed by atoms with Gasteiger partial charge in [0.2, 0.25) is 0 Å². The number of fused-ring (bicyclic) bond motifs is 5. The summed E-state index contributed by atoms with van der Waals surface area (Å²) in [6, 6.07) is 0. The van der Waals surface area contributed by atoms with Crippen LogP contribution in [0.5, 0.6) is 0 Å². The van der Waals surface area contributed by atoms with E-state index in [2.05, 4.69) is 25.9 Å². The molecule has 3 nitrogen and oxygen atoms in total. The maximum atomic E-state index is 11.9. The summed E-state index contributed by atoms with van der Waals surface area (Å²) in [6.07, 6.45) is 2.38. The van der Waals surface area contributed by atoms with Gasteiger partial charge in [-0.3, -0.25) is 14.6 Å². The largest absolute Gasteiger partial charge is 0.291 e. The minimum absolute atomic E-state index is 0.133. The van der Waals surface area contributed by atoms with E-state index in [0.29, 0.717) is 5.92 Å². The predicted octanol–water partition coefficient (Wildman–Crippen LogP) is 1.89. The van der Waals surface area contributed by atoms with Crippen LogP contribution in [-0.4, -0.2) is 9.78 Å². The van der Waals surface area contributed by atoms with Crippen LogP contribution in [0.25, 0.3) is 0 Å². The molecule has 1 fully saturated rings. The van der Waals surface area contributed by atoms with Crippen molar-refractivity contribution < 1.29 is 0 Å². The summed E-state index contributed by atoms with van der Waals surface area (Å²) in [4.78, 5) is 11.9. The zero-order valence-corrected chi connectivity index (χ0v) is 9.85. The zero-order chi connectivity index (χ0) is 11.0. The van der Waals surface area contributed by atoms with Crippen LogP contribution >= 0.6 is 0 Å². The molecule has 1 aromatic rings. The second-order valence-corrected chi connectivity index (χ2v) is 5.91. The third kappa shape index (κ3) is 0.745. The summed E-state index contributed by atoms with van der Waals surface area (Å²) in [5, 5.41) is 2.90. The number of H-pyrrole nitrogens is 1. The van der Waals surface area contributed by atoms with E-state index in [-0.39, 0.29) is 16.4 Å². The highest BCUT2D eigenvalue weighted by atomic mass is 16.1.